The van der Waals surface area contributed by atoms with Crippen molar-refractivity contribution in [2.75, 3.05) is 19.1 Å². The zero-order chi connectivity index (χ0) is 13.8. The van der Waals surface area contributed by atoms with Crippen LogP contribution in [0.15, 0.2) is 36.5 Å². The van der Waals surface area contributed by atoms with E-state index < -0.39 is 0 Å². The molecule has 0 unspecified atom stereocenters. The number of nitrogens with zero attached hydrogens (tertiary/aromatic N) is 3. The highest BCUT2D eigenvalue weighted by atomic mass is 16.5. The number of ether oxygens (including phenoxy) is 1. The summed E-state index contributed by atoms with van der Waals surface area (Å²) in [7, 11) is 3.53. The van der Waals surface area contributed by atoms with Gasteiger partial charge in [-0.25, -0.2) is 4.98 Å². The molecule has 0 saturated carbocycles. The van der Waals surface area contributed by atoms with E-state index in [1.165, 1.54) is 0 Å². The van der Waals surface area contributed by atoms with E-state index in [-0.39, 0.29) is 0 Å². The fourth-order valence-electron chi connectivity index (χ4n) is 1.86. The second kappa shape index (κ2) is 5.40. The largest absolute Gasteiger partial charge is 0.497 e. The Morgan fingerprint density at radius 3 is 2.47 bits per heavy atom. The van der Waals surface area contributed by atoms with Crippen molar-refractivity contribution in [1.82, 2.24) is 4.98 Å². The Morgan fingerprint density at radius 1 is 1.21 bits per heavy atom. The quantitative estimate of drug-likeness (QED) is 0.843. The average molecular weight is 253 g/mol. The van der Waals surface area contributed by atoms with E-state index in [1.807, 2.05) is 49.2 Å². The van der Waals surface area contributed by atoms with E-state index in [9.17, 15) is 5.26 Å². The number of hydrogen-bond acceptors (Lipinski definition) is 4. The van der Waals surface area contributed by atoms with Crippen LogP contribution in [0.2, 0.25) is 0 Å². The number of aromatic nitrogens is 1. The Labute approximate surface area is 112 Å². The summed E-state index contributed by atoms with van der Waals surface area (Å²) in [5.74, 6) is 1.46. The Morgan fingerprint density at radius 2 is 1.89 bits per heavy atom. The summed E-state index contributed by atoms with van der Waals surface area (Å²) in [6.45, 7) is 1.91. The number of nitriles is 1. The van der Waals surface area contributed by atoms with Gasteiger partial charge in [-0.15, -0.1) is 0 Å². The van der Waals surface area contributed by atoms with Crippen molar-refractivity contribution in [2.45, 2.75) is 6.92 Å². The summed E-state index contributed by atoms with van der Waals surface area (Å²) < 4.78 is 5.13. The summed E-state index contributed by atoms with van der Waals surface area (Å²) in [6, 6.07) is 11.7. The molecule has 0 radical (unpaired) electrons. The maximum absolute atomic E-state index is 9.24. The molecule has 0 fully saturated rings. The number of benzene rings is 1. The van der Waals surface area contributed by atoms with E-state index in [1.54, 1.807) is 13.3 Å². The number of hydrogen-bond donors (Lipinski definition) is 0. The predicted octanol–water partition coefficient (Wildman–Crippen LogP) is 3.04. The molecule has 19 heavy (non-hydrogen) atoms. The van der Waals surface area contributed by atoms with Crippen molar-refractivity contribution in [3.8, 4) is 11.8 Å². The first-order valence-electron chi connectivity index (χ1n) is 5.91. The van der Waals surface area contributed by atoms with Gasteiger partial charge in [-0.2, -0.15) is 5.26 Å². The molecule has 0 aliphatic carbocycles. The molecule has 2 aromatic rings. The first-order valence-corrected chi connectivity index (χ1v) is 5.91. The van der Waals surface area contributed by atoms with Crippen LogP contribution in [0, 0.1) is 18.3 Å². The molecular weight excluding hydrogens is 238 g/mol. The third-order valence-electron chi connectivity index (χ3n) is 3.03. The van der Waals surface area contributed by atoms with Gasteiger partial charge in [0.25, 0.3) is 0 Å². The minimum Gasteiger partial charge on any atom is -0.497 e. The van der Waals surface area contributed by atoms with Gasteiger partial charge in [0.1, 0.15) is 11.8 Å². The zero-order valence-corrected chi connectivity index (χ0v) is 11.2. The lowest BCUT2D eigenvalue weighted by Crippen LogP contribution is -2.13. The molecule has 0 amide bonds. The highest BCUT2D eigenvalue weighted by molar-refractivity contribution is 5.66. The molecule has 96 valence electrons. The van der Waals surface area contributed by atoms with Crippen LogP contribution in [-0.2, 0) is 0 Å². The lowest BCUT2D eigenvalue weighted by atomic mass is 10.1. The summed E-state index contributed by atoms with van der Waals surface area (Å²) in [6.07, 6.45) is 1.71. The maximum atomic E-state index is 9.24. The average Bonchev–Trinajstić information content (AvgIpc) is 2.46. The molecule has 1 aromatic carbocycles. The topological polar surface area (TPSA) is 49.1 Å². The normalized spacial score (nSPS) is 9.79. The molecule has 0 spiro atoms. The minimum absolute atomic E-state index is 0.598. The van der Waals surface area contributed by atoms with Crippen LogP contribution >= 0.6 is 0 Å². The molecule has 1 heterocycles. The molecule has 4 heteroatoms. The van der Waals surface area contributed by atoms with Crippen molar-refractivity contribution < 1.29 is 4.74 Å². The summed E-state index contributed by atoms with van der Waals surface area (Å²) in [5.41, 5.74) is 2.48. The number of pyridine rings is 1. The molecule has 0 aliphatic heterocycles. The molecule has 1 aromatic heterocycles. The van der Waals surface area contributed by atoms with Gasteiger partial charge in [-0.05, 0) is 42.8 Å². The fraction of sp³-hybridized carbons (Fsp3) is 0.200. The van der Waals surface area contributed by atoms with Gasteiger partial charge >= 0.3 is 0 Å². The standard InChI is InChI=1S/C15H15N3O/c1-11-8-9-17-15(14(11)10-16)18(2)12-4-6-13(19-3)7-5-12/h4-9H,1-3H3. The van der Waals surface area contributed by atoms with Crippen molar-refractivity contribution in [1.29, 1.82) is 5.26 Å². The van der Waals surface area contributed by atoms with Gasteiger partial charge in [0.05, 0.1) is 12.7 Å². The first kappa shape index (κ1) is 12.9. The number of methoxy groups -OCH3 is 1. The molecule has 0 saturated heterocycles. The number of aryl methyl sites for hydroxylation is 1. The number of anilines is 2. The third-order valence-corrected chi connectivity index (χ3v) is 3.03. The van der Waals surface area contributed by atoms with E-state index in [4.69, 9.17) is 4.74 Å². The summed E-state index contributed by atoms with van der Waals surface area (Å²) >= 11 is 0. The SMILES string of the molecule is COc1ccc(N(C)c2nccc(C)c2C#N)cc1. The highest BCUT2D eigenvalue weighted by Gasteiger charge is 2.12. The van der Waals surface area contributed by atoms with Crippen molar-refractivity contribution in [3.63, 3.8) is 0 Å². The lowest BCUT2D eigenvalue weighted by molar-refractivity contribution is 0.415. The monoisotopic (exact) mass is 253 g/mol. The Hall–Kier alpha value is -2.54. The van der Waals surface area contributed by atoms with E-state index >= 15 is 0 Å². The molecule has 0 aliphatic rings. The first-order chi connectivity index (χ1) is 9.17. The molecular formula is C15H15N3O. The van der Waals surface area contributed by atoms with Crippen LogP contribution in [0.3, 0.4) is 0 Å². The van der Waals surface area contributed by atoms with Crippen LogP contribution in [0.4, 0.5) is 11.5 Å². The van der Waals surface area contributed by atoms with Gasteiger partial charge in [0, 0.05) is 18.9 Å². The third kappa shape index (κ3) is 2.50. The van der Waals surface area contributed by atoms with Gasteiger partial charge in [-0.1, -0.05) is 0 Å². The summed E-state index contributed by atoms with van der Waals surface area (Å²) in [5, 5.41) is 9.24. The minimum atomic E-state index is 0.598. The lowest BCUT2D eigenvalue weighted by Gasteiger charge is -2.20. The van der Waals surface area contributed by atoms with Gasteiger partial charge in [0.15, 0.2) is 5.82 Å². The highest BCUT2D eigenvalue weighted by Crippen LogP contribution is 2.27. The second-order valence-electron chi connectivity index (χ2n) is 4.20. The predicted molar refractivity (Wildman–Crippen MR) is 74.7 cm³/mol. The Balaban J connectivity index is 2.41. The Kier molecular flexibility index (Phi) is 3.67. The molecule has 2 rings (SSSR count). The van der Waals surface area contributed by atoms with Crippen LogP contribution < -0.4 is 9.64 Å². The smallest absolute Gasteiger partial charge is 0.150 e. The van der Waals surface area contributed by atoms with Crippen LogP contribution in [0.25, 0.3) is 0 Å². The maximum Gasteiger partial charge on any atom is 0.150 e. The molecule has 0 atom stereocenters. The summed E-state index contributed by atoms with van der Waals surface area (Å²) in [4.78, 5) is 6.20. The second-order valence-corrected chi connectivity index (χ2v) is 4.20. The van der Waals surface area contributed by atoms with Crippen LogP contribution in [-0.4, -0.2) is 19.1 Å². The van der Waals surface area contributed by atoms with Crippen molar-refractivity contribution in [2.24, 2.45) is 0 Å². The van der Waals surface area contributed by atoms with Crippen LogP contribution in [0.1, 0.15) is 11.1 Å². The fourth-order valence-corrected chi connectivity index (χ4v) is 1.86. The van der Waals surface area contributed by atoms with Gasteiger partial charge in [-0.3, -0.25) is 0 Å². The van der Waals surface area contributed by atoms with Gasteiger partial charge < -0.3 is 9.64 Å². The van der Waals surface area contributed by atoms with E-state index in [2.05, 4.69) is 11.1 Å². The zero-order valence-electron chi connectivity index (χ0n) is 11.2. The van der Waals surface area contributed by atoms with Crippen molar-refractivity contribution >= 4 is 11.5 Å². The number of rotatable bonds is 3. The Bertz CT molecular complexity index is 614. The van der Waals surface area contributed by atoms with E-state index in [0.29, 0.717) is 11.4 Å². The van der Waals surface area contributed by atoms with E-state index in [0.717, 1.165) is 17.0 Å². The van der Waals surface area contributed by atoms with Gasteiger partial charge in [0.2, 0.25) is 0 Å². The van der Waals surface area contributed by atoms with Crippen molar-refractivity contribution in [3.05, 3.63) is 47.7 Å². The van der Waals surface area contributed by atoms with Crippen LogP contribution in [0.5, 0.6) is 5.75 Å². The molecule has 0 N–H and O–H groups in total. The molecule has 4 nitrogen and oxygen atoms in total. The molecule has 0 bridgehead atoms.